The Labute approximate surface area is 241 Å². The van der Waals surface area contributed by atoms with E-state index in [4.69, 9.17) is 17.0 Å². The number of nitrogens with zero attached hydrogens (tertiary/aromatic N) is 3. The molecule has 5 rings (SSSR count). The molecule has 4 aromatic rings. The molecule has 208 valence electrons. The van der Waals surface area contributed by atoms with Crippen molar-refractivity contribution < 1.29 is 13.2 Å². The first-order valence-electron chi connectivity index (χ1n) is 12.9. The maximum Gasteiger partial charge on any atom is 0.229 e. The third-order valence-corrected chi connectivity index (χ3v) is 8.21. The average Bonchev–Trinajstić information content (AvgIpc) is 3.39. The van der Waals surface area contributed by atoms with Crippen LogP contribution < -0.4 is 19.7 Å². The van der Waals surface area contributed by atoms with E-state index in [9.17, 15) is 8.42 Å². The summed E-state index contributed by atoms with van der Waals surface area (Å²) in [6.07, 6.45) is 2.89. The zero-order valence-corrected chi connectivity index (χ0v) is 25.0. The Balaban J connectivity index is 1.71. The maximum absolute atomic E-state index is 12.1. The van der Waals surface area contributed by atoms with E-state index in [1.165, 1.54) is 23.9 Å². The average molecular weight is 576 g/mol. The number of nitrogens with one attached hydrogen (secondary N) is 2. The third kappa shape index (κ3) is 5.04. The third-order valence-electron chi connectivity index (χ3n) is 7.31. The van der Waals surface area contributed by atoms with Gasteiger partial charge < -0.3 is 19.5 Å². The van der Waals surface area contributed by atoms with Gasteiger partial charge in [0.1, 0.15) is 5.75 Å². The molecule has 0 spiro atoms. The SMILES string of the molecule is COc1ccc(N2C(=S)N[C@@H](c3ccccn3)[C@@H]2c2cc(C)n(-c3c(C)cccc3C)c2C)cc1NS(C)(=O)=O. The van der Waals surface area contributed by atoms with Crippen LogP contribution in [0.2, 0.25) is 0 Å². The standard InChI is InChI=1S/C30H33N5O3S2/c1-18-10-9-11-19(2)28(18)34-20(3)16-23(21(34)4)29-27(24-12-7-8-15-31-24)32-30(39)35(29)22-13-14-26(38-5)25(17-22)33-40(6,36)37/h7-17,27,29,33H,1-6H3,(H,32,39)/t27-,29-/m0/s1. The van der Waals surface area contributed by atoms with Crippen LogP contribution in [0.1, 0.15) is 45.9 Å². The van der Waals surface area contributed by atoms with Gasteiger partial charge in [0.15, 0.2) is 5.11 Å². The van der Waals surface area contributed by atoms with Crippen molar-refractivity contribution in [1.29, 1.82) is 0 Å². The summed E-state index contributed by atoms with van der Waals surface area (Å²) >= 11 is 5.92. The zero-order valence-electron chi connectivity index (χ0n) is 23.4. The van der Waals surface area contributed by atoms with E-state index in [0.717, 1.165) is 34.6 Å². The molecule has 1 aliphatic heterocycles. The summed E-state index contributed by atoms with van der Waals surface area (Å²) < 4.78 is 34.6. The van der Waals surface area contributed by atoms with Crippen LogP contribution in [0, 0.1) is 27.7 Å². The first-order chi connectivity index (χ1) is 19.0. The predicted octanol–water partition coefficient (Wildman–Crippen LogP) is 5.66. The number of methoxy groups -OCH3 is 1. The van der Waals surface area contributed by atoms with Gasteiger partial charge in [0, 0.05) is 23.3 Å². The second kappa shape index (κ2) is 10.6. The second-order valence-electron chi connectivity index (χ2n) is 10.2. The molecule has 8 nitrogen and oxygen atoms in total. The van der Waals surface area contributed by atoms with Gasteiger partial charge in [0.05, 0.1) is 42.5 Å². The normalized spacial score (nSPS) is 17.1. The van der Waals surface area contributed by atoms with E-state index in [1.54, 1.807) is 18.3 Å². The van der Waals surface area contributed by atoms with Crippen molar-refractivity contribution in [3.63, 3.8) is 0 Å². The second-order valence-corrected chi connectivity index (χ2v) is 12.3. The highest BCUT2D eigenvalue weighted by Crippen LogP contribution is 2.45. The smallest absolute Gasteiger partial charge is 0.229 e. The van der Waals surface area contributed by atoms with Crippen molar-refractivity contribution in [3.8, 4) is 11.4 Å². The highest BCUT2D eigenvalue weighted by atomic mass is 32.2. The van der Waals surface area contributed by atoms with Crippen molar-refractivity contribution in [1.82, 2.24) is 14.9 Å². The van der Waals surface area contributed by atoms with Gasteiger partial charge in [-0.15, -0.1) is 0 Å². The van der Waals surface area contributed by atoms with Crippen molar-refractivity contribution in [2.75, 3.05) is 23.0 Å². The summed E-state index contributed by atoms with van der Waals surface area (Å²) in [5, 5.41) is 4.02. The largest absolute Gasteiger partial charge is 0.495 e. The van der Waals surface area contributed by atoms with E-state index in [0.29, 0.717) is 16.5 Å². The van der Waals surface area contributed by atoms with Crippen molar-refractivity contribution >= 4 is 38.7 Å². The van der Waals surface area contributed by atoms with Gasteiger partial charge in [-0.05, 0) is 93.0 Å². The fraction of sp³-hybridized carbons (Fsp3) is 0.267. The van der Waals surface area contributed by atoms with E-state index < -0.39 is 10.0 Å². The lowest BCUT2D eigenvalue weighted by Crippen LogP contribution is -2.29. The lowest BCUT2D eigenvalue weighted by atomic mass is 9.96. The molecule has 1 aliphatic rings. The number of ether oxygens (including phenoxy) is 1. The molecule has 2 atom stereocenters. The number of benzene rings is 2. The van der Waals surface area contributed by atoms with Gasteiger partial charge in [-0.3, -0.25) is 9.71 Å². The minimum absolute atomic E-state index is 0.242. The summed E-state index contributed by atoms with van der Waals surface area (Å²) in [6.45, 7) is 8.51. The number of aryl methyl sites for hydroxylation is 3. The number of pyridine rings is 1. The van der Waals surface area contributed by atoms with Crippen LogP contribution in [-0.2, 0) is 10.0 Å². The molecule has 0 saturated carbocycles. The fourth-order valence-electron chi connectivity index (χ4n) is 5.66. The molecule has 0 amide bonds. The van der Waals surface area contributed by atoms with Crippen molar-refractivity contribution in [3.05, 3.63) is 101 Å². The minimum Gasteiger partial charge on any atom is -0.495 e. The van der Waals surface area contributed by atoms with Crippen molar-refractivity contribution in [2.45, 2.75) is 39.8 Å². The number of hydrogen-bond donors (Lipinski definition) is 2. The summed E-state index contributed by atoms with van der Waals surface area (Å²) in [4.78, 5) is 6.71. The Hall–Kier alpha value is -3.89. The van der Waals surface area contributed by atoms with Gasteiger partial charge >= 0.3 is 0 Å². The van der Waals surface area contributed by atoms with Crippen LogP contribution in [0.15, 0.2) is 66.9 Å². The fourth-order valence-corrected chi connectivity index (χ4v) is 6.57. The Morgan fingerprint density at radius 3 is 2.35 bits per heavy atom. The topological polar surface area (TPSA) is 88.5 Å². The molecular weight excluding hydrogens is 542 g/mol. The summed E-state index contributed by atoms with van der Waals surface area (Å²) in [6, 6.07) is 19.3. The van der Waals surface area contributed by atoms with Crippen LogP contribution >= 0.6 is 12.2 Å². The number of aromatic nitrogens is 2. The molecule has 2 aromatic carbocycles. The van der Waals surface area contributed by atoms with Gasteiger partial charge in [-0.1, -0.05) is 24.3 Å². The van der Waals surface area contributed by atoms with Crippen LogP contribution in [0.25, 0.3) is 5.69 Å². The van der Waals surface area contributed by atoms with Crippen LogP contribution in [-0.4, -0.2) is 36.4 Å². The Morgan fingerprint density at radius 1 is 1.00 bits per heavy atom. The van der Waals surface area contributed by atoms with Gasteiger partial charge in [-0.2, -0.15) is 0 Å². The first kappa shape index (κ1) is 27.7. The summed E-state index contributed by atoms with van der Waals surface area (Å²) in [5.74, 6) is 0.415. The molecule has 0 radical (unpaired) electrons. The van der Waals surface area contributed by atoms with Gasteiger partial charge in [0.2, 0.25) is 10.0 Å². The van der Waals surface area contributed by atoms with E-state index >= 15 is 0 Å². The summed E-state index contributed by atoms with van der Waals surface area (Å²) in [7, 11) is -2.03. The molecular formula is C30H33N5O3S2. The van der Waals surface area contributed by atoms with Crippen LogP contribution in [0.3, 0.4) is 0 Å². The number of sulfonamides is 1. The lowest BCUT2D eigenvalue weighted by molar-refractivity contribution is 0.417. The van der Waals surface area contributed by atoms with E-state index in [-0.39, 0.29) is 12.1 Å². The Bertz CT molecular complexity index is 1680. The number of anilines is 2. The summed E-state index contributed by atoms with van der Waals surface area (Å²) in [5.41, 5.74) is 8.78. The van der Waals surface area contributed by atoms with Crippen molar-refractivity contribution in [2.24, 2.45) is 0 Å². The molecule has 1 saturated heterocycles. The lowest BCUT2D eigenvalue weighted by Gasteiger charge is -2.29. The molecule has 0 unspecified atom stereocenters. The number of hydrogen-bond acceptors (Lipinski definition) is 5. The van der Waals surface area contributed by atoms with E-state index in [2.05, 4.69) is 71.6 Å². The number of para-hydroxylation sites is 1. The predicted molar refractivity (Wildman–Crippen MR) is 164 cm³/mol. The number of rotatable bonds is 7. The Morgan fingerprint density at radius 2 is 1.73 bits per heavy atom. The highest BCUT2D eigenvalue weighted by Gasteiger charge is 2.42. The molecule has 40 heavy (non-hydrogen) atoms. The molecule has 3 heterocycles. The quantitative estimate of drug-likeness (QED) is 0.275. The van der Waals surface area contributed by atoms with Crippen LogP contribution in [0.5, 0.6) is 5.75 Å². The molecule has 1 fully saturated rings. The molecule has 0 bridgehead atoms. The molecule has 2 aromatic heterocycles. The highest BCUT2D eigenvalue weighted by molar-refractivity contribution is 7.92. The molecule has 0 aliphatic carbocycles. The van der Waals surface area contributed by atoms with Crippen LogP contribution in [0.4, 0.5) is 11.4 Å². The van der Waals surface area contributed by atoms with E-state index in [1.807, 2.05) is 29.2 Å². The minimum atomic E-state index is -3.54. The Kier molecular flexibility index (Phi) is 7.32. The zero-order chi connectivity index (χ0) is 28.8. The van der Waals surface area contributed by atoms with Gasteiger partial charge in [0.25, 0.3) is 0 Å². The monoisotopic (exact) mass is 575 g/mol. The molecule has 10 heteroatoms. The first-order valence-corrected chi connectivity index (χ1v) is 15.2. The molecule has 2 N–H and O–H groups in total. The van der Waals surface area contributed by atoms with Gasteiger partial charge in [-0.25, -0.2) is 8.42 Å². The number of thiocarbonyl (C=S) groups is 1. The maximum atomic E-state index is 12.1.